The molecule has 0 aliphatic carbocycles. The molecule has 2 atom stereocenters. The summed E-state index contributed by atoms with van der Waals surface area (Å²) in [7, 11) is 2.09. The lowest BCUT2D eigenvalue weighted by atomic mass is 10.1. The van der Waals surface area contributed by atoms with Crippen LogP contribution in [-0.2, 0) is 4.74 Å². The van der Waals surface area contributed by atoms with Crippen LogP contribution in [0.4, 0.5) is 4.39 Å². The summed E-state index contributed by atoms with van der Waals surface area (Å²) in [4.78, 5) is 6.62. The number of ether oxygens (including phenoxy) is 1. The number of halogens is 1. The van der Waals surface area contributed by atoms with Crippen LogP contribution in [0.2, 0.25) is 0 Å². The summed E-state index contributed by atoms with van der Waals surface area (Å²) >= 11 is 0. The first kappa shape index (κ1) is 17.0. The standard InChI is InChI=1S/C17H23FN4O2/c1-11-4-5-13(8-15(11)18)16-20-17(24-21-16)12(2)19-9-14-10-22(3)6-7-23-14/h4-5,8,12,14,19H,6-7,9-10H2,1-3H3/t12-,14-/m0/s1. The average molecular weight is 334 g/mol. The Kier molecular flexibility index (Phi) is 5.23. The van der Waals surface area contributed by atoms with Crippen molar-refractivity contribution in [2.45, 2.75) is 26.0 Å². The van der Waals surface area contributed by atoms with Crippen LogP contribution in [0.1, 0.15) is 24.4 Å². The predicted octanol–water partition coefficient (Wildman–Crippen LogP) is 2.17. The van der Waals surface area contributed by atoms with Gasteiger partial charge >= 0.3 is 0 Å². The van der Waals surface area contributed by atoms with E-state index in [1.807, 2.05) is 6.92 Å². The summed E-state index contributed by atoms with van der Waals surface area (Å²) in [5.41, 5.74) is 1.20. The lowest BCUT2D eigenvalue weighted by molar-refractivity contribution is -0.0194. The third kappa shape index (κ3) is 3.98. The fourth-order valence-corrected chi connectivity index (χ4v) is 2.65. The molecule has 7 heteroatoms. The molecule has 0 saturated carbocycles. The second-order valence-electron chi connectivity index (χ2n) is 6.31. The van der Waals surface area contributed by atoms with Gasteiger partial charge in [0.15, 0.2) is 0 Å². The van der Waals surface area contributed by atoms with E-state index in [0.717, 1.165) is 19.7 Å². The maximum atomic E-state index is 13.7. The number of hydrogen-bond acceptors (Lipinski definition) is 6. The van der Waals surface area contributed by atoms with E-state index in [4.69, 9.17) is 9.26 Å². The van der Waals surface area contributed by atoms with Gasteiger partial charge in [-0.15, -0.1) is 0 Å². The SMILES string of the molecule is Cc1ccc(-c2noc([C@H](C)NC[C@H]3CN(C)CCO3)n2)cc1F. The van der Waals surface area contributed by atoms with Gasteiger partial charge in [-0.2, -0.15) is 4.98 Å². The van der Waals surface area contributed by atoms with Crippen LogP contribution < -0.4 is 5.32 Å². The molecule has 0 spiro atoms. The summed E-state index contributed by atoms with van der Waals surface area (Å²) in [6, 6.07) is 4.82. The minimum atomic E-state index is -0.274. The number of nitrogens with one attached hydrogen (secondary N) is 1. The number of benzene rings is 1. The molecule has 1 fully saturated rings. The zero-order valence-corrected chi connectivity index (χ0v) is 14.3. The third-order valence-corrected chi connectivity index (χ3v) is 4.24. The summed E-state index contributed by atoms with van der Waals surface area (Å²) in [6.45, 7) is 7.00. The van der Waals surface area contributed by atoms with Crippen molar-refractivity contribution in [1.82, 2.24) is 20.4 Å². The van der Waals surface area contributed by atoms with Crippen molar-refractivity contribution in [2.75, 3.05) is 33.3 Å². The minimum Gasteiger partial charge on any atom is -0.374 e. The van der Waals surface area contributed by atoms with Crippen molar-refractivity contribution in [2.24, 2.45) is 0 Å². The molecule has 2 heterocycles. The van der Waals surface area contributed by atoms with Gasteiger partial charge in [0.25, 0.3) is 0 Å². The quantitative estimate of drug-likeness (QED) is 0.904. The Balaban J connectivity index is 1.61. The molecule has 1 aromatic carbocycles. The molecule has 6 nitrogen and oxygen atoms in total. The van der Waals surface area contributed by atoms with Gasteiger partial charge in [0.2, 0.25) is 11.7 Å². The molecule has 3 rings (SSSR count). The lowest BCUT2D eigenvalue weighted by Crippen LogP contribution is -2.45. The molecule has 0 radical (unpaired) electrons. The molecule has 0 amide bonds. The topological polar surface area (TPSA) is 63.4 Å². The number of hydrogen-bond donors (Lipinski definition) is 1. The van der Waals surface area contributed by atoms with Crippen LogP contribution in [0.3, 0.4) is 0 Å². The van der Waals surface area contributed by atoms with Gasteiger partial charge in [0, 0.05) is 25.2 Å². The number of rotatable bonds is 5. The van der Waals surface area contributed by atoms with Gasteiger partial charge in [-0.25, -0.2) is 4.39 Å². The van der Waals surface area contributed by atoms with E-state index >= 15 is 0 Å². The predicted molar refractivity (Wildman–Crippen MR) is 88.1 cm³/mol. The first-order valence-electron chi connectivity index (χ1n) is 8.16. The largest absolute Gasteiger partial charge is 0.374 e. The Bertz CT molecular complexity index is 691. The minimum absolute atomic E-state index is 0.0997. The first-order chi connectivity index (χ1) is 11.5. The van der Waals surface area contributed by atoms with Crippen LogP contribution >= 0.6 is 0 Å². The molecular formula is C17H23FN4O2. The van der Waals surface area contributed by atoms with E-state index in [1.54, 1.807) is 19.1 Å². The van der Waals surface area contributed by atoms with Gasteiger partial charge in [-0.1, -0.05) is 17.3 Å². The maximum Gasteiger partial charge on any atom is 0.243 e. The normalized spacial score (nSPS) is 20.2. The Labute approximate surface area is 141 Å². The second-order valence-corrected chi connectivity index (χ2v) is 6.31. The Morgan fingerprint density at radius 1 is 1.46 bits per heavy atom. The lowest BCUT2D eigenvalue weighted by Gasteiger charge is -2.30. The molecule has 1 N–H and O–H groups in total. The van der Waals surface area contributed by atoms with Gasteiger partial charge in [-0.3, -0.25) is 0 Å². The molecule has 1 aromatic heterocycles. The summed E-state index contributed by atoms with van der Waals surface area (Å²) in [5.74, 6) is 0.602. The third-order valence-electron chi connectivity index (χ3n) is 4.24. The Morgan fingerprint density at radius 3 is 3.04 bits per heavy atom. The van der Waals surface area contributed by atoms with E-state index in [2.05, 4.69) is 27.4 Å². The zero-order valence-electron chi connectivity index (χ0n) is 14.3. The zero-order chi connectivity index (χ0) is 17.1. The highest BCUT2D eigenvalue weighted by molar-refractivity contribution is 5.54. The number of nitrogens with zero attached hydrogens (tertiary/aromatic N) is 3. The van der Waals surface area contributed by atoms with Crippen molar-refractivity contribution in [3.05, 3.63) is 35.5 Å². The number of aryl methyl sites for hydroxylation is 1. The second kappa shape index (κ2) is 7.38. The molecule has 1 saturated heterocycles. The van der Waals surface area contributed by atoms with Gasteiger partial charge in [-0.05, 0) is 32.5 Å². The van der Waals surface area contributed by atoms with Crippen LogP contribution in [0, 0.1) is 12.7 Å². The average Bonchev–Trinajstić information content (AvgIpc) is 3.05. The van der Waals surface area contributed by atoms with Crippen LogP contribution in [0.5, 0.6) is 0 Å². The maximum absolute atomic E-state index is 13.7. The van der Waals surface area contributed by atoms with Crippen LogP contribution in [0.15, 0.2) is 22.7 Å². The van der Waals surface area contributed by atoms with Crippen molar-refractivity contribution in [3.8, 4) is 11.4 Å². The van der Waals surface area contributed by atoms with E-state index < -0.39 is 0 Å². The van der Waals surface area contributed by atoms with Crippen LogP contribution in [-0.4, -0.2) is 54.4 Å². The summed E-state index contributed by atoms with van der Waals surface area (Å²) in [5, 5.41) is 7.31. The fourth-order valence-electron chi connectivity index (χ4n) is 2.65. The highest BCUT2D eigenvalue weighted by Crippen LogP contribution is 2.21. The van der Waals surface area contributed by atoms with Gasteiger partial charge < -0.3 is 19.5 Å². The number of aromatic nitrogens is 2. The van der Waals surface area contributed by atoms with Crippen LogP contribution in [0.25, 0.3) is 11.4 Å². The van der Waals surface area contributed by atoms with Crippen molar-refractivity contribution < 1.29 is 13.7 Å². The Morgan fingerprint density at radius 2 is 2.29 bits per heavy atom. The summed E-state index contributed by atoms with van der Waals surface area (Å²) in [6.07, 6.45) is 0.153. The molecule has 130 valence electrons. The van der Waals surface area contributed by atoms with E-state index in [9.17, 15) is 4.39 Å². The van der Waals surface area contributed by atoms with Gasteiger partial charge in [0.1, 0.15) is 5.82 Å². The van der Waals surface area contributed by atoms with Gasteiger partial charge in [0.05, 0.1) is 18.8 Å². The monoisotopic (exact) mass is 334 g/mol. The molecule has 24 heavy (non-hydrogen) atoms. The van der Waals surface area contributed by atoms with E-state index in [-0.39, 0.29) is 18.0 Å². The smallest absolute Gasteiger partial charge is 0.243 e. The first-order valence-corrected chi connectivity index (χ1v) is 8.16. The molecule has 0 bridgehead atoms. The highest BCUT2D eigenvalue weighted by Gasteiger charge is 2.20. The molecular weight excluding hydrogens is 311 g/mol. The van der Waals surface area contributed by atoms with Crippen molar-refractivity contribution >= 4 is 0 Å². The molecule has 2 aromatic rings. The molecule has 1 aliphatic heterocycles. The number of morpholine rings is 1. The Hall–Kier alpha value is -1.83. The summed E-state index contributed by atoms with van der Waals surface area (Å²) < 4.78 is 24.7. The van der Waals surface area contributed by atoms with E-state index in [0.29, 0.717) is 29.4 Å². The molecule has 1 aliphatic rings. The highest BCUT2D eigenvalue weighted by atomic mass is 19.1. The number of likely N-dealkylation sites (N-methyl/N-ethyl adjacent to an activating group) is 1. The fraction of sp³-hybridized carbons (Fsp3) is 0.529. The van der Waals surface area contributed by atoms with Crippen molar-refractivity contribution in [3.63, 3.8) is 0 Å². The van der Waals surface area contributed by atoms with E-state index in [1.165, 1.54) is 6.07 Å². The van der Waals surface area contributed by atoms with Crippen molar-refractivity contribution in [1.29, 1.82) is 0 Å². The molecule has 0 unspecified atom stereocenters.